The Kier molecular flexibility index (Phi) is 6.16. The van der Waals surface area contributed by atoms with Crippen molar-refractivity contribution in [2.75, 3.05) is 19.6 Å². The Balaban J connectivity index is 1.37. The summed E-state index contributed by atoms with van der Waals surface area (Å²) in [5, 5.41) is 3.17. The number of likely N-dealkylation sites (tertiary alicyclic amines) is 1. The largest absolute Gasteiger partial charge is 0.351 e. The van der Waals surface area contributed by atoms with Gasteiger partial charge in [-0.05, 0) is 43.4 Å². The van der Waals surface area contributed by atoms with Crippen molar-refractivity contribution in [3.8, 4) is 0 Å². The van der Waals surface area contributed by atoms with Crippen molar-refractivity contribution in [3.05, 3.63) is 65.5 Å². The van der Waals surface area contributed by atoms with Gasteiger partial charge in [0.15, 0.2) is 0 Å². The van der Waals surface area contributed by atoms with Crippen LogP contribution < -0.4 is 5.32 Å². The van der Waals surface area contributed by atoms with Crippen LogP contribution >= 0.6 is 0 Å². The van der Waals surface area contributed by atoms with E-state index in [0.29, 0.717) is 18.0 Å². The molecule has 1 aromatic carbocycles. The third kappa shape index (κ3) is 4.40. The van der Waals surface area contributed by atoms with E-state index in [-0.39, 0.29) is 17.2 Å². The molecule has 0 radical (unpaired) electrons. The first-order chi connectivity index (χ1) is 14.6. The van der Waals surface area contributed by atoms with Crippen LogP contribution in [0.3, 0.4) is 0 Å². The van der Waals surface area contributed by atoms with Crippen LogP contribution in [0, 0.1) is 0 Å². The summed E-state index contributed by atoms with van der Waals surface area (Å²) in [5.74, 6) is 0.448. The van der Waals surface area contributed by atoms with Crippen LogP contribution in [0.5, 0.6) is 0 Å². The monoisotopic (exact) mass is 405 g/mol. The van der Waals surface area contributed by atoms with Crippen LogP contribution in [-0.2, 0) is 10.2 Å². The van der Waals surface area contributed by atoms with Gasteiger partial charge >= 0.3 is 0 Å². The van der Waals surface area contributed by atoms with Crippen LogP contribution in [0.1, 0.15) is 73.0 Å². The number of carbonyl (C=O) groups excluding carboxylic acids is 2. The number of nitrogens with zero attached hydrogens (tertiary/aromatic N) is 2. The first kappa shape index (κ1) is 20.6. The highest BCUT2D eigenvalue weighted by molar-refractivity contribution is 5.93. The fourth-order valence-corrected chi connectivity index (χ4v) is 5.03. The Bertz CT molecular complexity index is 865. The summed E-state index contributed by atoms with van der Waals surface area (Å²) in [6, 6.07) is 14.4. The zero-order valence-corrected chi connectivity index (χ0v) is 17.8. The number of piperidine rings is 1. The SMILES string of the molecule is CC(=O)N1CCC(c2ccc(C(=O)NCC3(c4ccccc4)CCCC3)cn2)CC1. The molecule has 0 unspecified atom stereocenters. The van der Waals surface area contributed by atoms with Crippen molar-refractivity contribution in [2.24, 2.45) is 0 Å². The van der Waals surface area contributed by atoms with Crippen LogP contribution in [0.25, 0.3) is 0 Å². The second kappa shape index (κ2) is 8.99. The molecule has 2 heterocycles. The van der Waals surface area contributed by atoms with Gasteiger partial charge in [-0.1, -0.05) is 43.2 Å². The Labute approximate surface area is 178 Å². The third-order valence-corrected chi connectivity index (χ3v) is 6.94. The molecule has 0 spiro atoms. The minimum atomic E-state index is -0.0531. The summed E-state index contributed by atoms with van der Waals surface area (Å²) in [7, 11) is 0. The molecule has 1 saturated carbocycles. The van der Waals surface area contributed by atoms with E-state index in [1.54, 1.807) is 13.1 Å². The average Bonchev–Trinajstić information content (AvgIpc) is 3.28. The number of pyridine rings is 1. The van der Waals surface area contributed by atoms with E-state index < -0.39 is 0 Å². The van der Waals surface area contributed by atoms with E-state index in [1.165, 1.54) is 18.4 Å². The molecule has 158 valence electrons. The summed E-state index contributed by atoms with van der Waals surface area (Å²) < 4.78 is 0. The van der Waals surface area contributed by atoms with E-state index in [1.807, 2.05) is 23.1 Å². The lowest BCUT2D eigenvalue weighted by Gasteiger charge is -2.31. The lowest BCUT2D eigenvalue weighted by atomic mass is 9.79. The van der Waals surface area contributed by atoms with E-state index in [4.69, 9.17) is 0 Å². The Hall–Kier alpha value is -2.69. The molecule has 0 bridgehead atoms. The second-order valence-electron chi connectivity index (χ2n) is 8.79. The molecule has 1 aliphatic heterocycles. The van der Waals surface area contributed by atoms with Crippen LogP contribution in [-0.4, -0.2) is 41.3 Å². The number of nitrogens with one attached hydrogen (secondary N) is 1. The smallest absolute Gasteiger partial charge is 0.252 e. The van der Waals surface area contributed by atoms with Crippen LogP contribution in [0.2, 0.25) is 0 Å². The summed E-state index contributed by atoms with van der Waals surface area (Å²) in [4.78, 5) is 30.8. The maximum atomic E-state index is 12.8. The second-order valence-corrected chi connectivity index (χ2v) is 8.79. The molecule has 5 nitrogen and oxygen atoms in total. The molecule has 0 atom stereocenters. The number of aromatic nitrogens is 1. The lowest BCUT2D eigenvalue weighted by molar-refractivity contribution is -0.129. The van der Waals surface area contributed by atoms with Gasteiger partial charge in [0, 0.05) is 49.8 Å². The molecular formula is C25H31N3O2. The minimum Gasteiger partial charge on any atom is -0.351 e. The summed E-state index contributed by atoms with van der Waals surface area (Å²) in [5.41, 5.74) is 3.01. The molecule has 1 aliphatic carbocycles. The van der Waals surface area contributed by atoms with Gasteiger partial charge in [-0.25, -0.2) is 0 Å². The van der Waals surface area contributed by atoms with Crippen molar-refractivity contribution in [2.45, 2.75) is 56.8 Å². The Morgan fingerprint density at radius 3 is 2.37 bits per heavy atom. The molecule has 2 fully saturated rings. The molecule has 2 amide bonds. The normalized spacial score (nSPS) is 18.9. The first-order valence-corrected chi connectivity index (χ1v) is 11.1. The van der Waals surface area contributed by atoms with Gasteiger partial charge < -0.3 is 10.2 Å². The molecule has 1 aromatic heterocycles. The quantitative estimate of drug-likeness (QED) is 0.816. The van der Waals surface area contributed by atoms with Gasteiger partial charge in [0.05, 0.1) is 5.56 Å². The number of carbonyl (C=O) groups is 2. The molecule has 4 rings (SSSR count). The molecule has 1 N–H and O–H groups in total. The van der Waals surface area contributed by atoms with E-state index in [2.05, 4.69) is 34.6 Å². The van der Waals surface area contributed by atoms with Gasteiger partial charge in [-0.2, -0.15) is 0 Å². The topological polar surface area (TPSA) is 62.3 Å². The fraction of sp³-hybridized carbons (Fsp3) is 0.480. The molecule has 5 heteroatoms. The highest BCUT2D eigenvalue weighted by Gasteiger charge is 2.35. The van der Waals surface area contributed by atoms with Crippen LogP contribution in [0.15, 0.2) is 48.7 Å². The fourth-order valence-electron chi connectivity index (χ4n) is 5.03. The van der Waals surface area contributed by atoms with Gasteiger partial charge in [0.2, 0.25) is 5.91 Å². The first-order valence-electron chi connectivity index (χ1n) is 11.1. The minimum absolute atomic E-state index is 0.0506. The summed E-state index contributed by atoms with van der Waals surface area (Å²) in [6.45, 7) is 3.86. The summed E-state index contributed by atoms with van der Waals surface area (Å²) >= 11 is 0. The van der Waals surface area contributed by atoms with E-state index in [0.717, 1.165) is 44.5 Å². The van der Waals surface area contributed by atoms with Crippen molar-refractivity contribution in [1.29, 1.82) is 0 Å². The number of hydrogen-bond donors (Lipinski definition) is 1. The molecule has 2 aliphatic rings. The average molecular weight is 406 g/mol. The van der Waals surface area contributed by atoms with E-state index in [9.17, 15) is 9.59 Å². The zero-order valence-electron chi connectivity index (χ0n) is 17.8. The van der Waals surface area contributed by atoms with Gasteiger partial charge in [0.1, 0.15) is 0 Å². The maximum Gasteiger partial charge on any atom is 0.252 e. The number of hydrogen-bond acceptors (Lipinski definition) is 3. The van der Waals surface area contributed by atoms with Crippen LogP contribution in [0.4, 0.5) is 0 Å². The predicted octanol–water partition coefficient (Wildman–Crippen LogP) is 4.05. The van der Waals surface area contributed by atoms with Gasteiger partial charge in [-0.3, -0.25) is 14.6 Å². The number of rotatable bonds is 5. The maximum absolute atomic E-state index is 12.8. The third-order valence-electron chi connectivity index (χ3n) is 6.94. The van der Waals surface area contributed by atoms with Crippen molar-refractivity contribution < 1.29 is 9.59 Å². The highest BCUT2D eigenvalue weighted by atomic mass is 16.2. The molecular weight excluding hydrogens is 374 g/mol. The molecule has 30 heavy (non-hydrogen) atoms. The van der Waals surface area contributed by atoms with Gasteiger partial charge in [0.25, 0.3) is 5.91 Å². The predicted molar refractivity (Wildman–Crippen MR) is 117 cm³/mol. The standard InChI is InChI=1S/C25H31N3O2/c1-19(29)28-15-11-20(12-16-28)23-10-9-21(17-26-23)24(30)27-18-25(13-5-6-14-25)22-7-3-2-4-8-22/h2-4,7-10,17,20H,5-6,11-16,18H2,1H3,(H,27,30). The number of benzene rings is 1. The lowest BCUT2D eigenvalue weighted by Crippen LogP contribution is -2.39. The van der Waals surface area contributed by atoms with Gasteiger partial charge in [-0.15, -0.1) is 0 Å². The number of amides is 2. The molecule has 2 aromatic rings. The Morgan fingerprint density at radius 2 is 1.77 bits per heavy atom. The summed E-state index contributed by atoms with van der Waals surface area (Å²) in [6.07, 6.45) is 8.22. The van der Waals surface area contributed by atoms with Crippen molar-refractivity contribution in [1.82, 2.24) is 15.2 Å². The highest BCUT2D eigenvalue weighted by Crippen LogP contribution is 2.40. The Morgan fingerprint density at radius 1 is 1.07 bits per heavy atom. The van der Waals surface area contributed by atoms with E-state index >= 15 is 0 Å². The van der Waals surface area contributed by atoms with Crippen molar-refractivity contribution >= 4 is 11.8 Å². The van der Waals surface area contributed by atoms with Crippen molar-refractivity contribution in [3.63, 3.8) is 0 Å². The zero-order chi connectivity index (χ0) is 21.0. The molecule has 1 saturated heterocycles.